The van der Waals surface area contributed by atoms with Gasteiger partial charge in [-0.3, -0.25) is 4.90 Å². The highest BCUT2D eigenvalue weighted by molar-refractivity contribution is 5.45. The number of nitrogens with zero attached hydrogens (tertiary/aromatic N) is 4. The van der Waals surface area contributed by atoms with Crippen LogP contribution in [0.4, 0.5) is 14.6 Å². The zero-order chi connectivity index (χ0) is 18.1. The molecule has 4 rings (SSSR count). The Bertz CT molecular complexity index is 764. The van der Waals surface area contributed by atoms with Crippen molar-refractivity contribution in [2.24, 2.45) is 0 Å². The second-order valence-electron chi connectivity index (χ2n) is 6.93. The van der Waals surface area contributed by atoms with Gasteiger partial charge in [0.15, 0.2) is 0 Å². The fourth-order valence-electron chi connectivity index (χ4n) is 3.70. The molecular formula is C19H22F2N4O. The van der Waals surface area contributed by atoms with E-state index in [1.54, 1.807) is 7.11 Å². The Labute approximate surface area is 151 Å². The lowest BCUT2D eigenvalue weighted by Crippen LogP contribution is -2.40. The molecule has 1 saturated heterocycles. The van der Waals surface area contributed by atoms with Crippen molar-refractivity contribution in [2.45, 2.75) is 37.9 Å². The number of anilines is 1. The summed E-state index contributed by atoms with van der Waals surface area (Å²) in [5.74, 6) is 0.452. The van der Waals surface area contributed by atoms with Gasteiger partial charge in [-0.1, -0.05) is 6.07 Å². The predicted octanol–water partition coefficient (Wildman–Crippen LogP) is 3.01. The van der Waals surface area contributed by atoms with E-state index < -0.39 is 11.6 Å². The molecule has 1 aromatic heterocycles. The molecule has 26 heavy (non-hydrogen) atoms. The Kier molecular flexibility index (Phi) is 4.72. The normalized spacial score (nSPS) is 20.3. The third-order valence-electron chi connectivity index (χ3n) is 5.13. The van der Waals surface area contributed by atoms with Crippen molar-refractivity contribution >= 4 is 5.82 Å². The highest BCUT2D eigenvalue weighted by Gasteiger charge is 2.38. The van der Waals surface area contributed by atoms with Crippen LogP contribution in [0.5, 0.6) is 5.88 Å². The molecule has 0 bridgehead atoms. The summed E-state index contributed by atoms with van der Waals surface area (Å²) >= 11 is 0. The van der Waals surface area contributed by atoms with Gasteiger partial charge in [-0.25, -0.2) is 18.7 Å². The summed E-state index contributed by atoms with van der Waals surface area (Å²) in [4.78, 5) is 13.0. The Hall–Kier alpha value is -2.28. The van der Waals surface area contributed by atoms with Crippen molar-refractivity contribution in [3.63, 3.8) is 0 Å². The molecule has 138 valence electrons. The number of ether oxygens (including phenoxy) is 1. The summed E-state index contributed by atoms with van der Waals surface area (Å²) in [6, 6.07) is 6.64. The maximum atomic E-state index is 13.9. The van der Waals surface area contributed by atoms with Crippen LogP contribution in [-0.4, -0.2) is 47.2 Å². The Balaban J connectivity index is 1.49. The van der Waals surface area contributed by atoms with Gasteiger partial charge in [-0.05, 0) is 31.4 Å². The van der Waals surface area contributed by atoms with Gasteiger partial charge >= 0.3 is 0 Å². The van der Waals surface area contributed by atoms with Crippen molar-refractivity contribution in [3.05, 3.63) is 47.8 Å². The Morgan fingerprint density at radius 2 is 1.92 bits per heavy atom. The van der Waals surface area contributed by atoms with E-state index in [9.17, 15) is 8.78 Å². The molecule has 0 spiro atoms. The lowest BCUT2D eigenvalue weighted by molar-refractivity contribution is 0.312. The van der Waals surface area contributed by atoms with Crippen LogP contribution in [0.3, 0.4) is 0 Å². The number of hydrogen-bond donors (Lipinski definition) is 0. The summed E-state index contributed by atoms with van der Waals surface area (Å²) in [6.07, 6.45) is 4.75. The molecule has 1 unspecified atom stereocenters. The molecule has 0 amide bonds. The molecule has 1 atom stereocenters. The van der Waals surface area contributed by atoms with Gasteiger partial charge in [0.2, 0.25) is 5.88 Å². The zero-order valence-electron chi connectivity index (χ0n) is 14.7. The molecule has 1 aliphatic carbocycles. The van der Waals surface area contributed by atoms with Gasteiger partial charge < -0.3 is 9.64 Å². The van der Waals surface area contributed by atoms with Gasteiger partial charge in [0.05, 0.1) is 7.11 Å². The SMILES string of the molecule is COc1cc(N(C2CC2)C2CCN(Cc3c(F)cccc3F)C2)ncn1. The molecule has 0 radical (unpaired) electrons. The molecule has 2 heterocycles. The average Bonchev–Trinajstić information content (AvgIpc) is 3.37. The van der Waals surface area contributed by atoms with Crippen molar-refractivity contribution in [2.75, 3.05) is 25.1 Å². The minimum atomic E-state index is -0.479. The van der Waals surface area contributed by atoms with Crippen LogP contribution in [0.2, 0.25) is 0 Å². The summed E-state index contributed by atoms with van der Waals surface area (Å²) in [5.41, 5.74) is 0.148. The number of rotatable bonds is 6. The predicted molar refractivity (Wildman–Crippen MR) is 94.1 cm³/mol. The van der Waals surface area contributed by atoms with Crippen molar-refractivity contribution in [1.82, 2.24) is 14.9 Å². The highest BCUT2D eigenvalue weighted by Crippen LogP contribution is 2.36. The van der Waals surface area contributed by atoms with E-state index in [-0.39, 0.29) is 11.6 Å². The number of halogens is 2. The fourth-order valence-corrected chi connectivity index (χ4v) is 3.70. The standard InChI is InChI=1S/C19H22F2N4O/c1-26-19-9-18(22-12-23-19)25(13-5-6-13)14-7-8-24(10-14)11-15-16(20)3-2-4-17(15)21/h2-4,9,12-14H,5-8,10-11H2,1H3. The van der Waals surface area contributed by atoms with Crippen LogP contribution >= 0.6 is 0 Å². The smallest absolute Gasteiger partial charge is 0.218 e. The second-order valence-corrected chi connectivity index (χ2v) is 6.93. The Morgan fingerprint density at radius 1 is 1.15 bits per heavy atom. The summed E-state index contributed by atoms with van der Waals surface area (Å²) in [5, 5.41) is 0. The quantitative estimate of drug-likeness (QED) is 0.792. The van der Waals surface area contributed by atoms with E-state index in [2.05, 4.69) is 19.8 Å². The minimum Gasteiger partial charge on any atom is -0.481 e. The maximum Gasteiger partial charge on any atom is 0.218 e. The van der Waals surface area contributed by atoms with Crippen molar-refractivity contribution in [3.8, 4) is 5.88 Å². The van der Waals surface area contributed by atoms with E-state index in [1.165, 1.54) is 24.5 Å². The summed E-state index contributed by atoms with van der Waals surface area (Å²) in [7, 11) is 1.59. The topological polar surface area (TPSA) is 41.5 Å². The third-order valence-corrected chi connectivity index (χ3v) is 5.13. The monoisotopic (exact) mass is 360 g/mol. The van der Waals surface area contributed by atoms with Crippen molar-refractivity contribution < 1.29 is 13.5 Å². The molecule has 5 nitrogen and oxygen atoms in total. The van der Waals surface area contributed by atoms with Gasteiger partial charge in [0.25, 0.3) is 0 Å². The molecular weight excluding hydrogens is 338 g/mol. The summed E-state index contributed by atoms with van der Waals surface area (Å²) in [6.45, 7) is 1.86. The minimum absolute atomic E-state index is 0.148. The largest absolute Gasteiger partial charge is 0.481 e. The first-order valence-corrected chi connectivity index (χ1v) is 8.95. The molecule has 1 saturated carbocycles. The number of methoxy groups -OCH3 is 1. The third kappa shape index (κ3) is 3.49. The average molecular weight is 360 g/mol. The molecule has 1 aliphatic heterocycles. The molecule has 7 heteroatoms. The van der Waals surface area contributed by atoms with Crippen LogP contribution in [0.1, 0.15) is 24.8 Å². The van der Waals surface area contributed by atoms with E-state index in [1.807, 2.05) is 6.07 Å². The van der Waals surface area contributed by atoms with Gasteiger partial charge in [0, 0.05) is 43.3 Å². The van der Waals surface area contributed by atoms with Gasteiger partial charge in [-0.2, -0.15) is 0 Å². The number of hydrogen-bond acceptors (Lipinski definition) is 5. The fraction of sp³-hybridized carbons (Fsp3) is 0.474. The van der Waals surface area contributed by atoms with Crippen LogP contribution in [0.15, 0.2) is 30.6 Å². The maximum absolute atomic E-state index is 13.9. The van der Waals surface area contributed by atoms with Crippen molar-refractivity contribution in [1.29, 1.82) is 0 Å². The number of likely N-dealkylation sites (tertiary alicyclic amines) is 1. The van der Waals surface area contributed by atoms with Crippen LogP contribution in [-0.2, 0) is 6.54 Å². The zero-order valence-corrected chi connectivity index (χ0v) is 14.7. The summed E-state index contributed by atoms with van der Waals surface area (Å²) < 4.78 is 33.1. The number of benzene rings is 1. The second kappa shape index (κ2) is 7.15. The first-order valence-electron chi connectivity index (χ1n) is 8.95. The highest BCUT2D eigenvalue weighted by atomic mass is 19.1. The molecule has 1 aromatic carbocycles. The lowest BCUT2D eigenvalue weighted by Gasteiger charge is -2.30. The van der Waals surface area contributed by atoms with Crippen LogP contribution < -0.4 is 9.64 Å². The van der Waals surface area contributed by atoms with E-state index >= 15 is 0 Å². The van der Waals surface area contributed by atoms with E-state index in [0.717, 1.165) is 38.2 Å². The Morgan fingerprint density at radius 3 is 2.62 bits per heavy atom. The van der Waals surface area contributed by atoms with Crippen LogP contribution in [0.25, 0.3) is 0 Å². The lowest BCUT2D eigenvalue weighted by atomic mass is 10.2. The van der Waals surface area contributed by atoms with E-state index in [0.29, 0.717) is 18.5 Å². The molecule has 2 aliphatic rings. The molecule has 0 N–H and O–H groups in total. The number of aromatic nitrogens is 2. The van der Waals surface area contributed by atoms with Gasteiger partial charge in [0.1, 0.15) is 23.8 Å². The molecule has 2 fully saturated rings. The van der Waals surface area contributed by atoms with Crippen LogP contribution in [0, 0.1) is 11.6 Å². The first kappa shape index (κ1) is 17.1. The van der Waals surface area contributed by atoms with Gasteiger partial charge in [-0.15, -0.1) is 0 Å². The first-order chi connectivity index (χ1) is 12.7. The van der Waals surface area contributed by atoms with E-state index in [4.69, 9.17) is 4.74 Å². The molecule has 2 aromatic rings.